The minimum atomic E-state index is 0.863. The summed E-state index contributed by atoms with van der Waals surface area (Å²) >= 11 is 0. The maximum Gasteiger partial charge on any atom is 0.0165 e. The molecule has 0 radical (unpaired) electrons. The third-order valence-corrected chi connectivity index (χ3v) is 3.69. The van der Waals surface area contributed by atoms with Crippen molar-refractivity contribution >= 4 is 0 Å². The molecular weight excluding hydrogens is 172 g/mol. The minimum Gasteiger partial charge on any atom is -0.316 e. The Morgan fingerprint density at radius 3 is 2.93 bits per heavy atom. The van der Waals surface area contributed by atoms with Crippen molar-refractivity contribution in [1.82, 2.24) is 10.2 Å². The zero-order valence-corrected chi connectivity index (χ0v) is 9.42. The fourth-order valence-electron chi connectivity index (χ4n) is 2.42. The average Bonchev–Trinajstić information content (AvgIpc) is 2.56. The molecule has 2 nitrogen and oxygen atoms in total. The molecule has 0 aromatic rings. The van der Waals surface area contributed by atoms with E-state index in [1.54, 1.807) is 5.57 Å². The smallest absolute Gasteiger partial charge is 0.0165 e. The van der Waals surface area contributed by atoms with Crippen molar-refractivity contribution < 1.29 is 0 Å². The molecule has 2 atom stereocenters. The van der Waals surface area contributed by atoms with Gasteiger partial charge in [-0.1, -0.05) is 18.6 Å². The Morgan fingerprint density at radius 1 is 1.50 bits per heavy atom. The molecule has 2 heterocycles. The summed E-state index contributed by atoms with van der Waals surface area (Å²) in [6, 6.07) is 0. The standard InChI is InChI=1S/C12H22N2/c1-10-3-5-14(6-4-10)9-12-8-13-7-11(12)2/h3,11-13H,4-9H2,1-2H3. The van der Waals surface area contributed by atoms with Gasteiger partial charge in [0.05, 0.1) is 0 Å². The monoisotopic (exact) mass is 194 g/mol. The zero-order valence-electron chi connectivity index (χ0n) is 9.42. The van der Waals surface area contributed by atoms with Crippen LogP contribution in [0.4, 0.5) is 0 Å². The second kappa shape index (κ2) is 4.45. The van der Waals surface area contributed by atoms with Gasteiger partial charge < -0.3 is 5.32 Å². The van der Waals surface area contributed by atoms with Crippen LogP contribution in [-0.4, -0.2) is 37.6 Å². The van der Waals surface area contributed by atoms with Gasteiger partial charge in [0.2, 0.25) is 0 Å². The van der Waals surface area contributed by atoms with Crippen molar-refractivity contribution in [2.45, 2.75) is 20.3 Å². The maximum atomic E-state index is 3.48. The van der Waals surface area contributed by atoms with Gasteiger partial charge in [-0.15, -0.1) is 0 Å². The molecular formula is C12H22N2. The van der Waals surface area contributed by atoms with Crippen LogP contribution < -0.4 is 5.32 Å². The largest absolute Gasteiger partial charge is 0.316 e. The summed E-state index contributed by atoms with van der Waals surface area (Å²) in [5.41, 5.74) is 1.57. The Labute approximate surface area is 87.4 Å². The number of nitrogens with one attached hydrogen (secondary N) is 1. The molecule has 0 bridgehead atoms. The fourth-order valence-corrected chi connectivity index (χ4v) is 2.42. The van der Waals surface area contributed by atoms with E-state index in [-0.39, 0.29) is 0 Å². The number of rotatable bonds is 2. The molecule has 2 aliphatic rings. The summed E-state index contributed by atoms with van der Waals surface area (Å²) in [6.07, 6.45) is 3.66. The molecule has 2 unspecified atom stereocenters. The topological polar surface area (TPSA) is 15.3 Å². The quantitative estimate of drug-likeness (QED) is 0.670. The van der Waals surface area contributed by atoms with E-state index < -0.39 is 0 Å². The van der Waals surface area contributed by atoms with Crippen LogP contribution in [0.5, 0.6) is 0 Å². The predicted octanol–water partition coefficient (Wildman–Crippen LogP) is 1.49. The molecule has 1 fully saturated rings. The minimum absolute atomic E-state index is 0.863. The Balaban J connectivity index is 1.80. The Hall–Kier alpha value is -0.340. The van der Waals surface area contributed by atoms with Crippen LogP contribution in [0.3, 0.4) is 0 Å². The van der Waals surface area contributed by atoms with Gasteiger partial charge in [-0.2, -0.15) is 0 Å². The molecule has 0 aliphatic carbocycles. The lowest BCUT2D eigenvalue weighted by Crippen LogP contribution is -2.35. The molecule has 1 saturated heterocycles. The lowest BCUT2D eigenvalue weighted by molar-refractivity contribution is 0.232. The van der Waals surface area contributed by atoms with E-state index in [9.17, 15) is 0 Å². The van der Waals surface area contributed by atoms with Crippen molar-refractivity contribution in [3.05, 3.63) is 11.6 Å². The van der Waals surface area contributed by atoms with Crippen molar-refractivity contribution in [3.63, 3.8) is 0 Å². The zero-order chi connectivity index (χ0) is 9.97. The van der Waals surface area contributed by atoms with E-state index in [0.717, 1.165) is 11.8 Å². The van der Waals surface area contributed by atoms with Crippen molar-refractivity contribution in [2.24, 2.45) is 11.8 Å². The lowest BCUT2D eigenvalue weighted by atomic mass is 9.97. The van der Waals surface area contributed by atoms with E-state index in [0.29, 0.717) is 0 Å². The maximum absolute atomic E-state index is 3.48. The molecule has 1 N–H and O–H groups in total. The summed E-state index contributed by atoms with van der Waals surface area (Å²) in [6.45, 7) is 10.8. The second-order valence-corrected chi connectivity index (χ2v) is 4.96. The van der Waals surface area contributed by atoms with Crippen LogP contribution >= 0.6 is 0 Å². The van der Waals surface area contributed by atoms with E-state index >= 15 is 0 Å². The normalized spacial score (nSPS) is 34.6. The summed E-state index contributed by atoms with van der Waals surface area (Å²) in [5.74, 6) is 1.74. The van der Waals surface area contributed by atoms with Crippen molar-refractivity contribution in [2.75, 3.05) is 32.7 Å². The van der Waals surface area contributed by atoms with E-state index in [1.807, 2.05) is 0 Å². The first-order valence-corrected chi connectivity index (χ1v) is 5.84. The van der Waals surface area contributed by atoms with Gasteiger partial charge in [0, 0.05) is 19.6 Å². The average molecular weight is 194 g/mol. The van der Waals surface area contributed by atoms with Crippen LogP contribution in [0, 0.1) is 11.8 Å². The molecule has 0 spiro atoms. The molecule has 0 amide bonds. The molecule has 2 rings (SSSR count). The molecule has 0 saturated carbocycles. The third-order valence-electron chi connectivity index (χ3n) is 3.69. The first-order valence-electron chi connectivity index (χ1n) is 5.84. The lowest BCUT2D eigenvalue weighted by Gasteiger charge is -2.29. The van der Waals surface area contributed by atoms with Gasteiger partial charge >= 0.3 is 0 Å². The van der Waals surface area contributed by atoms with Crippen LogP contribution in [0.2, 0.25) is 0 Å². The highest BCUT2D eigenvalue weighted by molar-refractivity contribution is 5.04. The van der Waals surface area contributed by atoms with E-state index in [2.05, 4.69) is 30.1 Å². The van der Waals surface area contributed by atoms with Gasteiger partial charge in [0.1, 0.15) is 0 Å². The SMILES string of the molecule is CC1=CCN(CC2CNCC2C)CC1. The molecule has 80 valence electrons. The first kappa shape index (κ1) is 10.2. The highest BCUT2D eigenvalue weighted by Gasteiger charge is 2.25. The number of hydrogen-bond acceptors (Lipinski definition) is 2. The van der Waals surface area contributed by atoms with Crippen molar-refractivity contribution in [1.29, 1.82) is 0 Å². The molecule has 14 heavy (non-hydrogen) atoms. The Morgan fingerprint density at radius 2 is 2.36 bits per heavy atom. The second-order valence-electron chi connectivity index (χ2n) is 4.96. The van der Waals surface area contributed by atoms with Crippen LogP contribution in [0.15, 0.2) is 11.6 Å². The van der Waals surface area contributed by atoms with E-state index in [4.69, 9.17) is 0 Å². The summed E-state index contributed by atoms with van der Waals surface area (Å²) in [7, 11) is 0. The van der Waals surface area contributed by atoms with Gasteiger partial charge in [-0.05, 0) is 38.3 Å². The molecule has 0 aromatic carbocycles. The number of nitrogens with zero attached hydrogens (tertiary/aromatic N) is 1. The summed E-state index contributed by atoms with van der Waals surface area (Å²) < 4.78 is 0. The van der Waals surface area contributed by atoms with Gasteiger partial charge in [0.15, 0.2) is 0 Å². The van der Waals surface area contributed by atoms with Gasteiger partial charge in [-0.25, -0.2) is 0 Å². The highest BCUT2D eigenvalue weighted by atomic mass is 15.1. The predicted molar refractivity (Wildman–Crippen MR) is 60.3 cm³/mol. The highest BCUT2D eigenvalue weighted by Crippen LogP contribution is 2.19. The molecule has 2 aliphatic heterocycles. The van der Waals surface area contributed by atoms with Gasteiger partial charge in [0.25, 0.3) is 0 Å². The first-order chi connectivity index (χ1) is 6.75. The van der Waals surface area contributed by atoms with Crippen LogP contribution in [0.1, 0.15) is 20.3 Å². The van der Waals surface area contributed by atoms with Gasteiger partial charge in [-0.3, -0.25) is 4.90 Å². The Bertz CT molecular complexity index is 222. The Kier molecular flexibility index (Phi) is 3.24. The third kappa shape index (κ3) is 2.37. The van der Waals surface area contributed by atoms with Crippen LogP contribution in [-0.2, 0) is 0 Å². The summed E-state index contributed by atoms with van der Waals surface area (Å²) in [5, 5.41) is 3.48. The molecule has 0 aromatic heterocycles. The number of hydrogen-bond donors (Lipinski definition) is 1. The summed E-state index contributed by atoms with van der Waals surface area (Å²) in [4.78, 5) is 2.60. The van der Waals surface area contributed by atoms with Crippen LogP contribution in [0.25, 0.3) is 0 Å². The van der Waals surface area contributed by atoms with E-state index in [1.165, 1.54) is 39.1 Å². The van der Waals surface area contributed by atoms with Crippen molar-refractivity contribution in [3.8, 4) is 0 Å². The fraction of sp³-hybridized carbons (Fsp3) is 0.833. The molecule has 2 heteroatoms.